The number of carboxylic acids is 1. The number of nitrogens with zero attached hydrogens (tertiary/aromatic N) is 3. The zero-order valence-electron chi connectivity index (χ0n) is 21.9. The molecule has 0 saturated carbocycles. The number of hydrogen-bond acceptors (Lipinski definition) is 8. The van der Waals surface area contributed by atoms with E-state index in [0.29, 0.717) is 43.5 Å². The summed E-state index contributed by atoms with van der Waals surface area (Å²) in [5.74, 6) is -0.236. The van der Waals surface area contributed by atoms with Crippen molar-refractivity contribution in [2.24, 2.45) is 7.05 Å². The van der Waals surface area contributed by atoms with E-state index in [1.807, 2.05) is 60.1 Å². The molecule has 0 aliphatic carbocycles. The number of benzene rings is 2. The number of unbranched alkanes of at least 4 members (excludes halogenated alkanes) is 2. The smallest absolute Gasteiger partial charge is 0.303 e. The molecule has 3 atom stereocenters. The predicted molar refractivity (Wildman–Crippen MR) is 146 cm³/mol. The molecule has 2 aromatic carbocycles. The van der Waals surface area contributed by atoms with Crippen LogP contribution in [0.3, 0.4) is 0 Å². The van der Waals surface area contributed by atoms with Crippen LogP contribution in [0.2, 0.25) is 0 Å². The monoisotopic (exact) mass is 554 g/mol. The maximum Gasteiger partial charge on any atom is 0.303 e. The van der Waals surface area contributed by atoms with Crippen LogP contribution in [-0.4, -0.2) is 48.7 Å². The Kier molecular flexibility index (Phi) is 10.5. The molecule has 0 radical (unpaired) electrons. The summed E-state index contributed by atoms with van der Waals surface area (Å²) in [6.07, 6.45) is 3.84. The second-order valence-electron chi connectivity index (χ2n) is 9.51. The molecule has 1 aromatic heterocycles. The molecular weight excluding hydrogens is 520 g/mol. The second kappa shape index (κ2) is 14.2. The Morgan fingerprint density at radius 3 is 2.41 bits per heavy atom. The molecule has 0 spiro atoms. The highest BCUT2D eigenvalue weighted by atomic mass is 32.2. The van der Waals surface area contributed by atoms with Crippen LogP contribution in [0.1, 0.15) is 67.6 Å². The number of aliphatic hydroxyl groups is 1. The molecule has 1 fully saturated rings. The summed E-state index contributed by atoms with van der Waals surface area (Å²) in [6.45, 7) is -0.0118. The van der Waals surface area contributed by atoms with E-state index < -0.39 is 12.3 Å². The number of carbonyl (C=O) groups is 2. The average molecular weight is 555 g/mol. The third-order valence-electron chi connectivity index (χ3n) is 6.44. The molecule has 0 bridgehead atoms. The van der Waals surface area contributed by atoms with Crippen LogP contribution in [0.4, 0.5) is 5.69 Å². The lowest BCUT2D eigenvalue weighted by Gasteiger charge is -2.36. The number of carboxylic acid groups (broad SMARTS) is 1. The lowest BCUT2D eigenvalue weighted by atomic mass is 10.0. The number of rotatable bonds is 13. The summed E-state index contributed by atoms with van der Waals surface area (Å²) in [7, 11) is 1.90. The van der Waals surface area contributed by atoms with Gasteiger partial charge in [0.05, 0.1) is 18.8 Å². The van der Waals surface area contributed by atoms with E-state index in [4.69, 9.17) is 14.6 Å². The first-order valence-electron chi connectivity index (χ1n) is 13.0. The van der Waals surface area contributed by atoms with Crippen LogP contribution in [0.25, 0.3) is 0 Å². The van der Waals surface area contributed by atoms with Gasteiger partial charge < -0.3 is 29.6 Å². The Balaban J connectivity index is 1.38. The lowest BCUT2D eigenvalue weighted by Crippen LogP contribution is -2.31. The number of thioether (sulfide) groups is 1. The largest absolute Gasteiger partial charge is 0.481 e. The molecular formula is C28H34N4O6S. The molecule has 1 saturated heterocycles. The quantitative estimate of drug-likeness (QED) is 0.204. The highest BCUT2D eigenvalue weighted by Crippen LogP contribution is 2.39. The van der Waals surface area contributed by atoms with Crippen molar-refractivity contribution >= 4 is 29.3 Å². The van der Waals surface area contributed by atoms with Crippen LogP contribution in [0.15, 0.2) is 60.0 Å². The maximum absolute atomic E-state index is 12.3. The second-order valence-corrected chi connectivity index (χ2v) is 10.5. The highest BCUT2D eigenvalue weighted by molar-refractivity contribution is 7.99. The van der Waals surface area contributed by atoms with E-state index in [1.165, 1.54) is 0 Å². The number of ether oxygens (including phenoxy) is 2. The summed E-state index contributed by atoms with van der Waals surface area (Å²) < 4.78 is 14.6. The summed E-state index contributed by atoms with van der Waals surface area (Å²) in [4.78, 5) is 22.9. The molecule has 3 unspecified atom stereocenters. The number of nitrogens with one attached hydrogen (secondary N) is 1. The molecule has 208 valence electrons. The predicted octanol–water partition coefficient (Wildman–Crippen LogP) is 4.62. The van der Waals surface area contributed by atoms with Crippen LogP contribution in [-0.2, 0) is 32.7 Å². The Morgan fingerprint density at radius 2 is 1.74 bits per heavy atom. The van der Waals surface area contributed by atoms with Crippen LogP contribution in [0.5, 0.6) is 0 Å². The Hall–Kier alpha value is -3.25. The van der Waals surface area contributed by atoms with Gasteiger partial charge in [-0.3, -0.25) is 9.59 Å². The number of anilines is 1. The summed E-state index contributed by atoms with van der Waals surface area (Å²) in [6, 6.07) is 15.2. The van der Waals surface area contributed by atoms with Gasteiger partial charge in [0.1, 0.15) is 6.33 Å². The molecule has 4 rings (SSSR count). The summed E-state index contributed by atoms with van der Waals surface area (Å²) >= 11 is 1.58. The SMILES string of the molecule is Cn1cnnc1SCC1CC(c2ccc(CO)cc2)OC(c2ccc(NC(=O)CCCCCC(=O)O)cc2)O1. The molecule has 11 heteroatoms. The molecule has 39 heavy (non-hydrogen) atoms. The van der Waals surface area contributed by atoms with Gasteiger partial charge in [-0.1, -0.05) is 54.6 Å². The molecule has 3 N–H and O–H groups in total. The Bertz CT molecular complexity index is 1220. The summed E-state index contributed by atoms with van der Waals surface area (Å²) in [5, 5.41) is 29.9. The molecule has 3 aromatic rings. The third-order valence-corrected chi connectivity index (χ3v) is 7.61. The normalized spacial score (nSPS) is 19.1. The van der Waals surface area contributed by atoms with E-state index in [9.17, 15) is 14.7 Å². The van der Waals surface area contributed by atoms with E-state index >= 15 is 0 Å². The van der Waals surface area contributed by atoms with Gasteiger partial charge in [-0.25, -0.2) is 0 Å². The fourth-order valence-electron chi connectivity index (χ4n) is 4.28. The van der Waals surface area contributed by atoms with Gasteiger partial charge in [0, 0.05) is 43.3 Å². The average Bonchev–Trinajstić information content (AvgIpc) is 3.36. The molecule has 10 nitrogen and oxygen atoms in total. The molecule has 1 aliphatic rings. The van der Waals surface area contributed by atoms with Crippen molar-refractivity contribution < 1.29 is 29.3 Å². The van der Waals surface area contributed by atoms with Crippen molar-refractivity contribution in [3.05, 3.63) is 71.5 Å². The minimum absolute atomic E-state index is 0.0118. The van der Waals surface area contributed by atoms with E-state index in [1.54, 1.807) is 18.1 Å². The van der Waals surface area contributed by atoms with Crippen molar-refractivity contribution in [2.45, 2.75) is 68.8 Å². The van der Waals surface area contributed by atoms with Crippen LogP contribution in [0, 0.1) is 0 Å². The molecule has 2 heterocycles. The van der Waals surface area contributed by atoms with Gasteiger partial charge in [-0.2, -0.15) is 0 Å². The minimum atomic E-state index is -0.813. The van der Waals surface area contributed by atoms with Crippen molar-refractivity contribution in [3.63, 3.8) is 0 Å². The van der Waals surface area contributed by atoms with Gasteiger partial charge in [0.15, 0.2) is 11.4 Å². The number of aliphatic hydroxyl groups excluding tert-OH is 1. The zero-order valence-corrected chi connectivity index (χ0v) is 22.7. The maximum atomic E-state index is 12.3. The van der Waals surface area contributed by atoms with Crippen molar-refractivity contribution in [3.8, 4) is 0 Å². The Morgan fingerprint density at radius 1 is 1.03 bits per heavy atom. The van der Waals surface area contributed by atoms with Gasteiger partial charge in [0.25, 0.3) is 0 Å². The first-order chi connectivity index (χ1) is 18.9. The van der Waals surface area contributed by atoms with Crippen LogP contribution < -0.4 is 5.32 Å². The zero-order chi connectivity index (χ0) is 27.6. The van der Waals surface area contributed by atoms with Crippen molar-refractivity contribution in [2.75, 3.05) is 11.1 Å². The number of aryl methyl sites for hydroxylation is 1. The third kappa shape index (κ3) is 8.62. The van der Waals surface area contributed by atoms with E-state index in [-0.39, 0.29) is 31.1 Å². The van der Waals surface area contributed by atoms with Gasteiger partial charge in [0.2, 0.25) is 5.91 Å². The van der Waals surface area contributed by atoms with E-state index in [2.05, 4.69) is 15.5 Å². The fraction of sp³-hybridized carbons (Fsp3) is 0.429. The number of hydrogen-bond donors (Lipinski definition) is 3. The minimum Gasteiger partial charge on any atom is -0.481 e. The highest BCUT2D eigenvalue weighted by Gasteiger charge is 2.32. The van der Waals surface area contributed by atoms with Crippen LogP contribution >= 0.6 is 11.8 Å². The lowest BCUT2D eigenvalue weighted by molar-refractivity contribution is -0.245. The topological polar surface area (TPSA) is 136 Å². The van der Waals surface area contributed by atoms with Gasteiger partial charge >= 0.3 is 5.97 Å². The molecule has 1 aliphatic heterocycles. The van der Waals surface area contributed by atoms with Gasteiger partial charge in [-0.05, 0) is 36.1 Å². The standard InChI is InChI=1S/C28H34N4O6S/c1-32-18-29-31-28(32)39-17-23-15-24(20-9-7-19(16-33)8-10-20)38-27(37-23)21-11-13-22(14-12-21)30-25(34)5-3-2-4-6-26(35)36/h7-14,18,23-24,27,33H,2-6,15-17H2,1H3,(H,30,34)(H,35,36). The first kappa shape index (κ1) is 28.8. The van der Waals surface area contributed by atoms with Gasteiger partial charge in [-0.15, -0.1) is 10.2 Å². The number of aromatic nitrogens is 3. The first-order valence-corrected chi connectivity index (χ1v) is 14.0. The fourth-order valence-corrected chi connectivity index (χ4v) is 5.18. The van der Waals surface area contributed by atoms with Crippen molar-refractivity contribution in [1.82, 2.24) is 14.8 Å². The number of carbonyl (C=O) groups excluding carboxylic acids is 1. The summed E-state index contributed by atoms with van der Waals surface area (Å²) in [5.41, 5.74) is 3.37. The van der Waals surface area contributed by atoms with E-state index in [0.717, 1.165) is 21.8 Å². The van der Waals surface area contributed by atoms with Crippen molar-refractivity contribution in [1.29, 1.82) is 0 Å². The molecule has 1 amide bonds. The Labute approximate surface area is 231 Å². The number of aliphatic carboxylic acids is 1. The number of amides is 1.